The quantitative estimate of drug-likeness (QED) is 0.497. The zero-order chi connectivity index (χ0) is 12.4. The SMILES string of the molecule is O=C(O)C(S)C(=O)c1cccc2ccccc12. The van der Waals surface area contributed by atoms with E-state index in [1.165, 1.54) is 0 Å². The third-order valence-electron chi connectivity index (χ3n) is 2.54. The van der Waals surface area contributed by atoms with Gasteiger partial charge in [-0.05, 0) is 10.8 Å². The van der Waals surface area contributed by atoms with Crippen LogP contribution in [0.5, 0.6) is 0 Å². The van der Waals surface area contributed by atoms with E-state index in [-0.39, 0.29) is 0 Å². The Morgan fingerprint density at radius 1 is 1.06 bits per heavy atom. The number of aliphatic carboxylic acids is 1. The van der Waals surface area contributed by atoms with E-state index in [0.717, 1.165) is 10.8 Å². The van der Waals surface area contributed by atoms with Crippen molar-refractivity contribution in [3.8, 4) is 0 Å². The molecule has 1 N–H and O–H groups in total. The number of ketones is 1. The highest BCUT2D eigenvalue weighted by Gasteiger charge is 2.24. The Morgan fingerprint density at radius 2 is 1.71 bits per heavy atom. The standard InChI is InChI=1S/C13H10O3S/c14-11(12(17)13(15)16)10-7-3-5-8-4-1-2-6-9(8)10/h1-7,12,17H,(H,15,16). The summed E-state index contributed by atoms with van der Waals surface area (Å²) in [4.78, 5) is 22.7. The molecule has 3 nitrogen and oxygen atoms in total. The number of carboxylic acid groups (broad SMARTS) is 1. The van der Waals surface area contributed by atoms with Gasteiger partial charge in [0.15, 0.2) is 11.0 Å². The van der Waals surface area contributed by atoms with Crippen LogP contribution in [0.15, 0.2) is 42.5 Å². The summed E-state index contributed by atoms with van der Waals surface area (Å²) in [6.07, 6.45) is 0. The van der Waals surface area contributed by atoms with Crippen LogP contribution in [0, 0.1) is 0 Å². The number of benzene rings is 2. The lowest BCUT2D eigenvalue weighted by Gasteiger charge is -2.07. The molecule has 0 bridgehead atoms. The van der Waals surface area contributed by atoms with E-state index in [4.69, 9.17) is 5.11 Å². The Labute approximate surface area is 103 Å². The van der Waals surface area contributed by atoms with E-state index in [9.17, 15) is 9.59 Å². The summed E-state index contributed by atoms with van der Waals surface area (Å²) in [5.74, 6) is -1.72. The summed E-state index contributed by atoms with van der Waals surface area (Å²) >= 11 is 3.81. The molecule has 0 aromatic heterocycles. The minimum atomic E-state index is -1.32. The third kappa shape index (κ3) is 2.17. The van der Waals surface area contributed by atoms with Gasteiger partial charge >= 0.3 is 5.97 Å². The Kier molecular flexibility index (Phi) is 3.15. The third-order valence-corrected chi connectivity index (χ3v) is 2.99. The molecule has 1 atom stereocenters. The van der Waals surface area contributed by atoms with Gasteiger partial charge in [-0.25, -0.2) is 0 Å². The van der Waals surface area contributed by atoms with Crippen LogP contribution in [-0.4, -0.2) is 22.1 Å². The summed E-state index contributed by atoms with van der Waals surface area (Å²) < 4.78 is 0. The van der Waals surface area contributed by atoms with Gasteiger partial charge < -0.3 is 5.11 Å². The molecular formula is C13H10O3S. The maximum absolute atomic E-state index is 11.9. The minimum absolute atomic E-state index is 0.394. The molecule has 0 aliphatic heterocycles. The first kappa shape index (κ1) is 11.7. The smallest absolute Gasteiger partial charge is 0.324 e. The highest BCUT2D eigenvalue weighted by molar-refractivity contribution is 7.82. The van der Waals surface area contributed by atoms with Gasteiger partial charge in [0.05, 0.1) is 0 Å². The van der Waals surface area contributed by atoms with Crippen molar-refractivity contribution in [1.82, 2.24) is 0 Å². The van der Waals surface area contributed by atoms with Crippen LogP contribution in [0.3, 0.4) is 0 Å². The van der Waals surface area contributed by atoms with E-state index in [2.05, 4.69) is 12.6 Å². The van der Waals surface area contributed by atoms with E-state index in [1.807, 2.05) is 24.3 Å². The number of rotatable bonds is 3. The molecule has 0 fully saturated rings. The highest BCUT2D eigenvalue weighted by atomic mass is 32.1. The normalized spacial score (nSPS) is 12.3. The van der Waals surface area contributed by atoms with Crippen molar-refractivity contribution in [2.75, 3.05) is 0 Å². The summed E-state index contributed by atoms with van der Waals surface area (Å²) in [7, 11) is 0. The Hall–Kier alpha value is -1.81. The summed E-state index contributed by atoms with van der Waals surface area (Å²) in [5, 5.41) is 9.13. The second kappa shape index (κ2) is 4.59. The minimum Gasteiger partial charge on any atom is -0.480 e. The number of carbonyl (C=O) groups excluding carboxylic acids is 1. The van der Waals surface area contributed by atoms with Gasteiger partial charge in [0.1, 0.15) is 0 Å². The van der Waals surface area contributed by atoms with Gasteiger partial charge in [0, 0.05) is 5.56 Å². The van der Waals surface area contributed by atoms with Crippen LogP contribution in [0.1, 0.15) is 10.4 Å². The molecule has 0 amide bonds. The fraction of sp³-hybridized carbons (Fsp3) is 0.0769. The molecule has 2 aromatic carbocycles. The average Bonchev–Trinajstić information content (AvgIpc) is 2.36. The van der Waals surface area contributed by atoms with Gasteiger partial charge in [0.2, 0.25) is 0 Å². The number of carbonyl (C=O) groups is 2. The van der Waals surface area contributed by atoms with Crippen molar-refractivity contribution in [3.05, 3.63) is 48.0 Å². The fourth-order valence-corrected chi connectivity index (χ4v) is 1.84. The predicted molar refractivity (Wildman–Crippen MR) is 68.7 cm³/mol. The van der Waals surface area contributed by atoms with Crippen LogP contribution >= 0.6 is 12.6 Å². The van der Waals surface area contributed by atoms with Gasteiger partial charge in [-0.15, -0.1) is 0 Å². The maximum atomic E-state index is 11.9. The number of carboxylic acids is 1. The fourth-order valence-electron chi connectivity index (χ4n) is 1.70. The monoisotopic (exact) mass is 246 g/mol. The van der Waals surface area contributed by atoms with Crippen LogP contribution in [0.4, 0.5) is 0 Å². The Morgan fingerprint density at radius 3 is 2.41 bits per heavy atom. The van der Waals surface area contributed by atoms with E-state index in [1.54, 1.807) is 18.2 Å². The molecular weight excluding hydrogens is 236 g/mol. The number of thiol groups is 1. The number of hydrogen-bond donors (Lipinski definition) is 2. The molecule has 0 saturated heterocycles. The zero-order valence-corrected chi connectivity index (χ0v) is 9.72. The largest absolute Gasteiger partial charge is 0.480 e. The lowest BCUT2D eigenvalue weighted by atomic mass is 10.00. The molecule has 1 unspecified atom stereocenters. The molecule has 0 aliphatic rings. The first-order valence-electron chi connectivity index (χ1n) is 5.04. The van der Waals surface area contributed by atoms with Crippen molar-refractivity contribution in [2.45, 2.75) is 5.25 Å². The molecule has 0 heterocycles. The zero-order valence-electron chi connectivity index (χ0n) is 8.83. The molecule has 0 radical (unpaired) electrons. The van der Waals surface area contributed by atoms with Crippen LogP contribution in [-0.2, 0) is 4.79 Å². The lowest BCUT2D eigenvalue weighted by molar-refractivity contribution is -0.135. The van der Waals surface area contributed by atoms with Crippen LogP contribution in [0.2, 0.25) is 0 Å². The number of fused-ring (bicyclic) bond motifs is 1. The first-order chi connectivity index (χ1) is 8.11. The molecule has 86 valence electrons. The summed E-state index contributed by atoms with van der Waals surface area (Å²) in [5.41, 5.74) is 0.394. The predicted octanol–water partition coefficient (Wildman–Crippen LogP) is 2.41. The van der Waals surface area contributed by atoms with Crippen LogP contribution in [0.25, 0.3) is 10.8 Å². The average molecular weight is 246 g/mol. The number of hydrogen-bond acceptors (Lipinski definition) is 3. The van der Waals surface area contributed by atoms with Crippen molar-refractivity contribution in [3.63, 3.8) is 0 Å². The summed E-state index contributed by atoms with van der Waals surface area (Å²) in [6.45, 7) is 0. The molecule has 0 aliphatic carbocycles. The second-order valence-electron chi connectivity index (χ2n) is 3.63. The van der Waals surface area contributed by atoms with Crippen LogP contribution < -0.4 is 0 Å². The van der Waals surface area contributed by atoms with Gasteiger partial charge in [0.25, 0.3) is 0 Å². The summed E-state index contributed by atoms with van der Waals surface area (Å²) in [6, 6.07) is 12.6. The first-order valence-corrected chi connectivity index (χ1v) is 5.56. The lowest BCUT2D eigenvalue weighted by Crippen LogP contribution is -2.24. The molecule has 4 heteroatoms. The molecule has 17 heavy (non-hydrogen) atoms. The topological polar surface area (TPSA) is 54.4 Å². The van der Waals surface area contributed by atoms with Gasteiger partial charge in [-0.3, -0.25) is 9.59 Å². The van der Waals surface area contributed by atoms with E-state index >= 15 is 0 Å². The van der Waals surface area contributed by atoms with E-state index in [0.29, 0.717) is 5.56 Å². The molecule has 0 saturated carbocycles. The maximum Gasteiger partial charge on any atom is 0.324 e. The Bertz CT molecular complexity index is 587. The molecule has 2 rings (SSSR count). The van der Waals surface area contributed by atoms with Gasteiger partial charge in [-0.2, -0.15) is 12.6 Å². The van der Waals surface area contributed by atoms with E-state index < -0.39 is 17.0 Å². The highest BCUT2D eigenvalue weighted by Crippen LogP contribution is 2.21. The number of Topliss-reactive ketones (excluding diaryl/α,β-unsaturated/α-hetero) is 1. The van der Waals surface area contributed by atoms with Crippen molar-refractivity contribution in [1.29, 1.82) is 0 Å². The van der Waals surface area contributed by atoms with Crippen molar-refractivity contribution in [2.24, 2.45) is 0 Å². The van der Waals surface area contributed by atoms with Crippen molar-refractivity contribution < 1.29 is 14.7 Å². The van der Waals surface area contributed by atoms with Gasteiger partial charge in [-0.1, -0.05) is 42.5 Å². The Balaban J connectivity index is 2.56. The molecule has 0 spiro atoms. The second-order valence-corrected chi connectivity index (χ2v) is 4.15. The molecule has 2 aromatic rings. The van der Waals surface area contributed by atoms with Crippen molar-refractivity contribution >= 4 is 35.2 Å².